The van der Waals surface area contributed by atoms with Gasteiger partial charge in [-0.1, -0.05) is 19.1 Å². The summed E-state index contributed by atoms with van der Waals surface area (Å²) in [4.78, 5) is 10.2. The Balaban J connectivity index is 2.56. The number of nitro groups is 1. The summed E-state index contributed by atoms with van der Waals surface area (Å²) >= 11 is 0. The van der Waals surface area contributed by atoms with Crippen LogP contribution in [0, 0.1) is 10.1 Å². The van der Waals surface area contributed by atoms with Crippen LogP contribution in [-0.4, -0.2) is 22.7 Å². The molecule has 0 aliphatic heterocycles. The van der Waals surface area contributed by atoms with Crippen molar-refractivity contribution in [2.45, 2.75) is 32.4 Å². The van der Waals surface area contributed by atoms with Crippen molar-refractivity contribution in [3.63, 3.8) is 0 Å². The average Bonchev–Trinajstić information content (AvgIpc) is 2.34. The number of nitro benzene ring substituents is 1. The van der Waals surface area contributed by atoms with E-state index in [9.17, 15) is 10.1 Å². The van der Waals surface area contributed by atoms with Gasteiger partial charge in [-0.2, -0.15) is 0 Å². The number of rotatable bonds is 7. The molecule has 0 aromatic heterocycles. The average molecular weight is 238 g/mol. The molecule has 0 fully saturated rings. The van der Waals surface area contributed by atoms with Gasteiger partial charge in [0.15, 0.2) is 0 Å². The van der Waals surface area contributed by atoms with E-state index in [1.807, 2.05) is 13.0 Å². The topological polar surface area (TPSA) is 75.4 Å². The number of hydrogen-bond acceptors (Lipinski definition) is 4. The highest BCUT2D eigenvalue weighted by Gasteiger charge is 2.07. The molecule has 0 bridgehead atoms. The fraction of sp³-hybridized carbons (Fsp3) is 0.500. The molecule has 0 radical (unpaired) electrons. The lowest BCUT2D eigenvalue weighted by molar-refractivity contribution is -0.384. The van der Waals surface area contributed by atoms with Crippen molar-refractivity contribution in [1.82, 2.24) is 5.32 Å². The van der Waals surface area contributed by atoms with Gasteiger partial charge in [0.25, 0.3) is 5.69 Å². The zero-order valence-electron chi connectivity index (χ0n) is 9.93. The number of nitrogens with one attached hydrogen (secondary N) is 1. The second-order valence-electron chi connectivity index (χ2n) is 3.93. The molecule has 0 spiro atoms. The van der Waals surface area contributed by atoms with E-state index in [4.69, 9.17) is 5.11 Å². The minimum absolute atomic E-state index is 0.111. The van der Waals surface area contributed by atoms with Gasteiger partial charge >= 0.3 is 0 Å². The first-order valence-corrected chi connectivity index (χ1v) is 5.75. The molecule has 0 saturated carbocycles. The van der Waals surface area contributed by atoms with Gasteiger partial charge in [0.2, 0.25) is 0 Å². The summed E-state index contributed by atoms with van der Waals surface area (Å²) in [5, 5.41) is 22.7. The van der Waals surface area contributed by atoms with Crippen molar-refractivity contribution >= 4 is 5.69 Å². The molecule has 0 aliphatic carbocycles. The SMILES string of the molecule is CCC(CCO)NCc1cccc([N+](=O)[O-])c1. The van der Waals surface area contributed by atoms with E-state index in [0.29, 0.717) is 13.0 Å². The van der Waals surface area contributed by atoms with Gasteiger partial charge in [0, 0.05) is 31.3 Å². The molecule has 0 aliphatic rings. The summed E-state index contributed by atoms with van der Waals surface area (Å²) in [7, 11) is 0. The van der Waals surface area contributed by atoms with Crippen LogP contribution in [0.4, 0.5) is 5.69 Å². The third-order valence-electron chi connectivity index (χ3n) is 2.69. The number of nitrogens with zero attached hydrogens (tertiary/aromatic N) is 1. The molecule has 17 heavy (non-hydrogen) atoms. The van der Waals surface area contributed by atoms with Crippen LogP contribution in [-0.2, 0) is 6.54 Å². The van der Waals surface area contributed by atoms with Crippen molar-refractivity contribution in [2.24, 2.45) is 0 Å². The molecule has 1 unspecified atom stereocenters. The Bertz CT molecular complexity index is 369. The second-order valence-corrected chi connectivity index (χ2v) is 3.93. The van der Waals surface area contributed by atoms with Crippen molar-refractivity contribution < 1.29 is 10.0 Å². The van der Waals surface area contributed by atoms with Crippen molar-refractivity contribution in [3.8, 4) is 0 Å². The number of aliphatic hydroxyl groups excluding tert-OH is 1. The van der Waals surface area contributed by atoms with E-state index < -0.39 is 4.92 Å². The Kier molecular flexibility index (Phi) is 5.59. The predicted octanol–water partition coefficient (Wildman–Crippen LogP) is 1.85. The van der Waals surface area contributed by atoms with Gasteiger partial charge in [0.1, 0.15) is 0 Å². The molecule has 94 valence electrons. The summed E-state index contributed by atoms with van der Waals surface area (Å²) in [6.07, 6.45) is 1.63. The zero-order valence-corrected chi connectivity index (χ0v) is 9.93. The quantitative estimate of drug-likeness (QED) is 0.561. The van der Waals surface area contributed by atoms with E-state index in [0.717, 1.165) is 12.0 Å². The zero-order chi connectivity index (χ0) is 12.7. The highest BCUT2D eigenvalue weighted by Crippen LogP contribution is 2.13. The first-order chi connectivity index (χ1) is 8.17. The van der Waals surface area contributed by atoms with Crippen LogP contribution in [0.1, 0.15) is 25.3 Å². The molecule has 0 amide bonds. The lowest BCUT2D eigenvalue weighted by atomic mass is 10.1. The second kappa shape index (κ2) is 6.98. The minimum Gasteiger partial charge on any atom is -0.396 e. The molecule has 1 atom stereocenters. The summed E-state index contributed by atoms with van der Waals surface area (Å²) in [6.45, 7) is 2.78. The molecule has 5 heteroatoms. The highest BCUT2D eigenvalue weighted by atomic mass is 16.6. The van der Waals surface area contributed by atoms with Crippen LogP contribution in [0.25, 0.3) is 0 Å². The van der Waals surface area contributed by atoms with Crippen LogP contribution in [0.15, 0.2) is 24.3 Å². The van der Waals surface area contributed by atoms with Crippen LogP contribution in [0.3, 0.4) is 0 Å². The Morgan fingerprint density at radius 3 is 2.88 bits per heavy atom. The predicted molar refractivity (Wildman–Crippen MR) is 65.7 cm³/mol. The maximum Gasteiger partial charge on any atom is 0.269 e. The molecule has 1 aromatic rings. The standard InChI is InChI=1S/C12H18N2O3/c1-2-11(6-7-15)13-9-10-4-3-5-12(8-10)14(16)17/h3-5,8,11,13,15H,2,6-7,9H2,1H3. The summed E-state index contributed by atoms with van der Waals surface area (Å²) in [5.74, 6) is 0. The van der Waals surface area contributed by atoms with E-state index in [2.05, 4.69) is 5.32 Å². The van der Waals surface area contributed by atoms with Gasteiger partial charge in [-0.05, 0) is 18.4 Å². The first kappa shape index (κ1) is 13.6. The maximum atomic E-state index is 10.6. The van der Waals surface area contributed by atoms with Crippen molar-refractivity contribution in [1.29, 1.82) is 0 Å². The lowest BCUT2D eigenvalue weighted by Gasteiger charge is -2.15. The third-order valence-corrected chi connectivity index (χ3v) is 2.69. The molecule has 2 N–H and O–H groups in total. The highest BCUT2D eigenvalue weighted by molar-refractivity contribution is 5.34. The third kappa shape index (κ3) is 4.50. The van der Waals surface area contributed by atoms with Gasteiger partial charge in [-0.25, -0.2) is 0 Å². The number of hydrogen-bond donors (Lipinski definition) is 2. The normalized spacial score (nSPS) is 12.4. The molecule has 0 heterocycles. The Hall–Kier alpha value is -1.46. The largest absolute Gasteiger partial charge is 0.396 e. The van der Waals surface area contributed by atoms with E-state index in [-0.39, 0.29) is 18.3 Å². The number of aliphatic hydroxyl groups is 1. The Morgan fingerprint density at radius 2 is 2.29 bits per heavy atom. The van der Waals surface area contributed by atoms with Crippen LogP contribution in [0.5, 0.6) is 0 Å². The lowest BCUT2D eigenvalue weighted by Crippen LogP contribution is -2.28. The van der Waals surface area contributed by atoms with Crippen molar-refractivity contribution in [3.05, 3.63) is 39.9 Å². The van der Waals surface area contributed by atoms with Gasteiger partial charge in [-0.3, -0.25) is 10.1 Å². The monoisotopic (exact) mass is 238 g/mol. The van der Waals surface area contributed by atoms with Crippen LogP contribution >= 0.6 is 0 Å². The smallest absolute Gasteiger partial charge is 0.269 e. The fourth-order valence-electron chi connectivity index (χ4n) is 1.65. The molecular weight excluding hydrogens is 220 g/mol. The van der Waals surface area contributed by atoms with Crippen LogP contribution < -0.4 is 5.32 Å². The fourth-order valence-corrected chi connectivity index (χ4v) is 1.65. The molecule has 0 saturated heterocycles. The number of non-ortho nitro benzene ring substituents is 1. The first-order valence-electron chi connectivity index (χ1n) is 5.75. The van der Waals surface area contributed by atoms with E-state index in [1.54, 1.807) is 12.1 Å². The molecule has 5 nitrogen and oxygen atoms in total. The van der Waals surface area contributed by atoms with Gasteiger partial charge < -0.3 is 10.4 Å². The van der Waals surface area contributed by atoms with Crippen LogP contribution in [0.2, 0.25) is 0 Å². The number of benzene rings is 1. The molecule has 1 aromatic carbocycles. The summed E-state index contributed by atoms with van der Waals surface area (Å²) in [5.41, 5.74) is 0.995. The van der Waals surface area contributed by atoms with E-state index in [1.165, 1.54) is 6.07 Å². The molecule has 1 rings (SSSR count). The Morgan fingerprint density at radius 1 is 1.53 bits per heavy atom. The summed E-state index contributed by atoms with van der Waals surface area (Å²) in [6, 6.07) is 6.83. The molecular formula is C12H18N2O3. The Labute approximate surface area is 101 Å². The maximum absolute atomic E-state index is 10.6. The summed E-state index contributed by atoms with van der Waals surface area (Å²) < 4.78 is 0. The van der Waals surface area contributed by atoms with Gasteiger partial charge in [-0.15, -0.1) is 0 Å². The van der Waals surface area contributed by atoms with Gasteiger partial charge in [0.05, 0.1) is 4.92 Å². The van der Waals surface area contributed by atoms with Crippen molar-refractivity contribution in [2.75, 3.05) is 6.61 Å². The van der Waals surface area contributed by atoms with E-state index >= 15 is 0 Å². The minimum atomic E-state index is -0.394.